The van der Waals surface area contributed by atoms with Crippen LogP contribution in [0, 0.1) is 0 Å². The largest absolute Gasteiger partial charge is 0.496 e. The summed E-state index contributed by atoms with van der Waals surface area (Å²) >= 11 is 0. The predicted octanol–water partition coefficient (Wildman–Crippen LogP) is 0.785. The number of hydrogen-bond acceptors (Lipinski definition) is 6. The van der Waals surface area contributed by atoms with E-state index in [0.717, 1.165) is 11.3 Å². The summed E-state index contributed by atoms with van der Waals surface area (Å²) in [5, 5.41) is 2.68. The molecule has 0 unspecified atom stereocenters. The van der Waals surface area contributed by atoms with E-state index in [1.54, 1.807) is 7.11 Å². The molecule has 0 bridgehead atoms. The third-order valence-electron chi connectivity index (χ3n) is 3.09. The maximum Gasteiger partial charge on any atom is 0.377 e. The molecule has 7 nitrogen and oxygen atoms in total. The van der Waals surface area contributed by atoms with Gasteiger partial charge in [0.05, 0.1) is 7.11 Å². The molecular weight excluding hydrogens is 302 g/mol. The first kappa shape index (κ1) is 16.7. The highest BCUT2D eigenvalue weighted by Crippen LogP contribution is 2.17. The molecule has 0 saturated carbocycles. The molecule has 1 aromatic carbocycles. The first-order valence-electron chi connectivity index (χ1n) is 7.21. The maximum atomic E-state index is 11.7. The second-order valence-electron chi connectivity index (χ2n) is 4.69. The van der Waals surface area contributed by atoms with Crippen LogP contribution in [0.15, 0.2) is 36.3 Å². The van der Waals surface area contributed by atoms with Crippen molar-refractivity contribution in [1.29, 1.82) is 0 Å². The molecule has 1 N–H and O–H groups in total. The molecular formula is C16H19NO6. The lowest BCUT2D eigenvalue weighted by molar-refractivity contribution is -0.149. The molecule has 7 heteroatoms. The van der Waals surface area contributed by atoms with Crippen LogP contribution in [0.3, 0.4) is 0 Å². The minimum atomic E-state index is -0.718. The van der Waals surface area contributed by atoms with Gasteiger partial charge in [-0.25, -0.2) is 4.79 Å². The number of carbonyl (C=O) groups is 2. The highest BCUT2D eigenvalue weighted by Gasteiger charge is 2.17. The van der Waals surface area contributed by atoms with Gasteiger partial charge in [0.1, 0.15) is 25.2 Å². The van der Waals surface area contributed by atoms with Crippen molar-refractivity contribution in [2.45, 2.75) is 6.42 Å². The zero-order valence-electron chi connectivity index (χ0n) is 12.9. The number of amides is 1. The third kappa shape index (κ3) is 5.21. The molecule has 1 amide bonds. The Morgan fingerprint density at radius 3 is 2.83 bits per heavy atom. The number of hydrogen-bond donors (Lipinski definition) is 1. The van der Waals surface area contributed by atoms with E-state index in [9.17, 15) is 9.59 Å². The quantitative estimate of drug-likeness (QED) is 0.748. The number of benzene rings is 1. The SMILES string of the molecule is COc1ccccc1CCNC(=O)COC(=O)C1=COCCO1. The summed E-state index contributed by atoms with van der Waals surface area (Å²) in [6.45, 7) is 0.719. The van der Waals surface area contributed by atoms with Crippen LogP contribution in [-0.4, -0.2) is 45.4 Å². The van der Waals surface area contributed by atoms with E-state index in [1.807, 2.05) is 24.3 Å². The average molecular weight is 321 g/mol. The van der Waals surface area contributed by atoms with Crippen molar-refractivity contribution in [2.75, 3.05) is 33.5 Å². The van der Waals surface area contributed by atoms with E-state index in [4.69, 9.17) is 18.9 Å². The van der Waals surface area contributed by atoms with Crippen molar-refractivity contribution in [2.24, 2.45) is 0 Å². The summed E-state index contributed by atoms with van der Waals surface area (Å²) in [7, 11) is 1.60. The van der Waals surface area contributed by atoms with Crippen LogP contribution >= 0.6 is 0 Å². The predicted molar refractivity (Wildman–Crippen MR) is 80.7 cm³/mol. The Hall–Kier alpha value is -2.70. The van der Waals surface area contributed by atoms with Crippen LogP contribution in [0.25, 0.3) is 0 Å². The van der Waals surface area contributed by atoms with Gasteiger partial charge in [-0.1, -0.05) is 18.2 Å². The fourth-order valence-electron chi connectivity index (χ4n) is 1.97. The van der Waals surface area contributed by atoms with Gasteiger partial charge in [0.2, 0.25) is 5.76 Å². The van der Waals surface area contributed by atoms with Gasteiger partial charge in [-0.3, -0.25) is 4.79 Å². The number of para-hydroxylation sites is 1. The van der Waals surface area contributed by atoms with E-state index in [0.29, 0.717) is 19.6 Å². The Morgan fingerprint density at radius 1 is 1.26 bits per heavy atom. The molecule has 1 aliphatic heterocycles. The van der Waals surface area contributed by atoms with E-state index >= 15 is 0 Å². The standard InChI is InChI=1S/C16H19NO6/c1-20-13-5-3-2-4-12(13)6-7-17-15(18)11-23-16(19)14-10-21-8-9-22-14/h2-5,10H,6-9,11H2,1H3,(H,17,18). The molecule has 0 saturated heterocycles. The molecule has 124 valence electrons. The van der Waals surface area contributed by atoms with E-state index in [2.05, 4.69) is 5.32 Å². The minimum absolute atomic E-state index is 0.0296. The van der Waals surface area contributed by atoms with Gasteiger partial charge in [-0.2, -0.15) is 0 Å². The second kappa shape index (κ2) is 8.67. The molecule has 0 fully saturated rings. The molecule has 0 spiro atoms. The topological polar surface area (TPSA) is 83.1 Å². The van der Waals surface area contributed by atoms with E-state index < -0.39 is 5.97 Å². The average Bonchev–Trinajstić information content (AvgIpc) is 2.61. The number of nitrogens with one attached hydrogen (secondary N) is 1. The van der Waals surface area contributed by atoms with Crippen molar-refractivity contribution in [3.8, 4) is 5.75 Å². The second-order valence-corrected chi connectivity index (χ2v) is 4.69. The monoisotopic (exact) mass is 321 g/mol. The Labute approximate surface area is 134 Å². The van der Waals surface area contributed by atoms with Crippen LogP contribution in [0.2, 0.25) is 0 Å². The van der Waals surface area contributed by atoms with Gasteiger partial charge in [0.25, 0.3) is 5.91 Å². The normalized spacial score (nSPS) is 13.2. The minimum Gasteiger partial charge on any atom is -0.496 e. The molecule has 0 radical (unpaired) electrons. The molecule has 0 aliphatic carbocycles. The number of carbonyl (C=O) groups excluding carboxylic acids is 2. The van der Waals surface area contributed by atoms with Gasteiger partial charge in [0.15, 0.2) is 6.61 Å². The lowest BCUT2D eigenvalue weighted by Gasteiger charge is -2.14. The highest BCUT2D eigenvalue weighted by atomic mass is 16.6. The van der Waals surface area contributed by atoms with Gasteiger partial charge in [-0.05, 0) is 18.1 Å². The number of methoxy groups -OCH3 is 1. The van der Waals surface area contributed by atoms with Gasteiger partial charge in [0, 0.05) is 6.54 Å². The summed E-state index contributed by atoms with van der Waals surface area (Å²) in [5.41, 5.74) is 0.991. The molecule has 1 heterocycles. The van der Waals surface area contributed by atoms with Gasteiger partial charge >= 0.3 is 5.97 Å². The van der Waals surface area contributed by atoms with Crippen molar-refractivity contribution in [3.63, 3.8) is 0 Å². The first-order chi connectivity index (χ1) is 11.2. The van der Waals surface area contributed by atoms with Crippen LogP contribution < -0.4 is 10.1 Å². The number of ether oxygens (including phenoxy) is 4. The van der Waals surface area contributed by atoms with Crippen molar-refractivity contribution in [1.82, 2.24) is 5.32 Å². The van der Waals surface area contributed by atoms with Crippen LogP contribution in [-0.2, 0) is 30.2 Å². The molecule has 0 atom stereocenters. The number of rotatable bonds is 7. The summed E-state index contributed by atoms with van der Waals surface area (Å²) in [4.78, 5) is 23.3. The highest BCUT2D eigenvalue weighted by molar-refractivity contribution is 5.88. The number of esters is 1. The smallest absolute Gasteiger partial charge is 0.377 e. The fourth-order valence-corrected chi connectivity index (χ4v) is 1.97. The van der Waals surface area contributed by atoms with Crippen LogP contribution in [0.5, 0.6) is 5.75 Å². The molecule has 0 aromatic heterocycles. The lowest BCUT2D eigenvalue weighted by atomic mass is 10.1. The Bertz CT molecular complexity index is 584. The van der Waals surface area contributed by atoms with Crippen molar-refractivity contribution >= 4 is 11.9 Å². The van der Waals surface area contributed by atoms with E-state index in [1.165, 1.54) is 6.26 Å². The molecule has 23 heavy (non-hydrogen) atoms. The van der Waals surface area contributed by atoms with Gasteiger partial charge in [-0.15, -0.1) is 0 Å². The summed E-state index contributed by atoms with van der Waals surface area (Å²) in [6, 6.07) is 7.57. The zero-order chi connectivity index (χ0) is 16.5. The van der Waals surface area contributed by atoms with Crippen LogP contribution in [0.4, 0.5) is 0 Å². The van der Waals surface area contributed by atoms with Gasteiger partial charge < -0.3 is 24.3 Å². The van der Waals surface area contributed by atoms with Crippen molar-refractivity contribution in [3.05, 3.63) is 41.9 Å². The van der Waals surface area contributed by atoms with Crippen LogP contribution in [0.1, 0.15) is 5.56 Å². The lowest BCUT2D eigenvalue weighted by Crippen LogP contribution is -2.31. The summed E-state index contributed by atoms with van der Waals surface area (Å²) in [5.74, 6) is -0.359. The van der Waals surface area contributed by atoms with E-state index in [-0.39, 0.29) is 24.9 Å². The molecule has 1 aliphatic rings. The maximum absolute atomic E-state index is 11.7. The molecule has 2 rings (SSSR count). The fraction of sp³-hybridized carbons (Fsp3) is 0.375. The molecule has 1 aromatic rings. The first-order valence-corrected chi connectivity index (χ1v) is 7.21. The summed E-state index contributed by atoms with van der Waals surface area (Å²) < 4.78 is 20.1. The Kier molecular flexibility index (Phi) is 6.28. The zero-order valence-corrected chi connectivity index (χ0v) is 12.9. The Morgan fingerprint density at radius 2 is 2.09 bits per heavy atom. The Balaban J connectivity index is 1.69. The summed E-state index contributed by atoms with van der Waals surface area (Å²) in [6.07, 6.45) is 1.80. The third-order valence-corrected chi connectivity index (χ3v) is 3.09. The van der Waals surface area contributed by atoms with Crippen molar-refractivity contribution < 1.29 is 28.5 Å².